The van der Waals surface area contributed by atoms with E-state index >= 15 is 0 Å². The second-order valence-corrected chi connectivity index (χ2v) is 8.56. The van der Waals surface area contributed by atoms with Crippen LogP contribution in [0.15, 0.2) is 42.0 Å². The Balaban J connectivity index is 2.17. The van der Waals surface area contributed by atoms with Crippen molar-refractivity contribution < 1.29 is 24.2 Å². The first-order chi connectivity index (χ1) is 15.7. The highest BCUT2D eigenvalue weighted by Gasteiger charge is 2.46. The van der Waals surface area contributed by atoms with Gasteiger partial charge in [-0.25, -0.2) is 0 Å². The average Bonchev–Trinajstić information content (AvgIpc) is 3.04. The minimum atomic E-state index is -0.705. The van der Waals surface area contributed by atoms with E-state index in [0.717, 1.165) is 17.7 Å². The molecule has 1 N–H and O–H groups in total. The molecule has 0 saturated carbocycles. The van der Waals surface area contributed by atoms with Crippen LogP contribution >= 0.6 is 0 Å². The minimum Gasteiger partial charge on any atom is -0.507 e. The number of hydrogen-bond donors (Lipinski definition) is 1. The Bertz CT molecular complexity index is 1090. The molecule has 1 aliphatic heterocycles. The summed E-state index contributed by atoms with van der Waals surface area (Å²) in [5.41, 5.74) is 2.88. The van der Waals surface area contributed by atoms with Gasteiger partial charge in [-0.15, -0.1) is 0 Å². The Hall–Kier alpha value is -3.32. The Morgan fingerprint density at radius 3 is 2.42 bits per heavy atom. The van der Waals surface area contributed by atoms with Crippen LogP contribution < -0.4 is 9.47 Å². The fourth-order valence-electron chi connectivity index (χ4n) is 4.24. The highest BCUT2D eigenvalue weighted by atomic mass is 16.5. The lowest BCUT2D eigenvalue weighted by molar-refractivity contribution is -0.139. The molecule has 1 atom stereocenters. The minimum absolute atomic E-state index is 0.0887. The molecule has 1 fully saturated rings. The van der Waals surface area contributed by atoms with Crippen molar-refractivity contribution in [3.8, 4) is 11.5 Å². The largest absolute Gasteiger partial charge is 0.507 e. The van der Waals surface area contributed by atoms with Gasteiger partial charge in [0.05, 0.1) is 25.8 Å². The number of ketones is 1. The van der Waals surface area contributed by atoms with E-state index in [-0.39, 0.29) is 11.3 Å². The number of hydrogen-bond acceptors (Lipinski definition) is 6. The zero-order chi connectivity index (χ0) is 24.3. The van der Waals surface area contributed by atoms with E-state index in [1.165, 1.54) is 0 Å². The van der Waals surface area contributed by atoms with Crippen molar-refractivity contribution in [1.82, 2.24) is 9.80 Å². The molecule has 0 radical (unpaired) electrons. The van der Waals surface area contributed by atoms with Gasteiger partial charge in [0.1, 0.15) is 17.3 Å². The second-order valence-electron chi connectivity index (χ2n) is 8.56. The molecule has 33 heavy (non-hydrogen) atoms. The summed E-state index contributed by atoms with van der Waals surface area (Å²) in [6.07, 6.45) is 0.696. The molecule has 1 unspecified atom stereocenters. The molecular formula is C26H32N2O5. The molecule has 176 valence electrons. The zero-order valence-electron chi connectivity index (χ0n) is 20.1. The number of methoxy groups -OCH3 is 2. The number of Topliss-reactive ketones (excluding diaryl/α,β-unsaturated/α-hetero) is 1. The smallest absolute Gasteiger partial charge is 0.295 e. The van der Waals surface area contributed by atoms with Crippen LogP contribution in [-0.2, 0) is 9.59 Å². The lowest BCUT2D eigenvalue weighted by Crippen LogP contribution is -2.32. The zero-order valence-corrected chi connectivity index (χ0v) is 20.1. The van der Waals surface area contributed by atoms with Crippen LogP contribution in [0, 0.1) is 13.8 Å². The highest BCUT2D eigenvalue weighted by molar-refractivity contribution is 6.46. The summed E-state index contributed by atoms with van der Waals surface area (Å²) >= 11 is 0. The van der Waals surface area contributed by atoms with Gasteiger partial charge < -0.3 is 24.4 Å². The van der Waals surface area contributed by atoms with Gasteiger partial charge in [-0.2, -0.15) is 0 Å². The third kappa shape index (κ3) is 4.88. The fourth-order valence-corrected chi connectivity index (χ4v) is 4.24. The number of rotatable bonds is 8. The Morgan fingerprint density at radius 1 is 1.06 bits per heavy atom. The summed E-state index contributed by atoms with van der Waals surface area (Å²) in [5, 5.41) is 11.4. The topological polar surface area (TPSA) is 79.3 Å². The molecule has 2 aromatic carbocycles. The molecule has 0 aliphatic carbocycles. The average molecular weight is 453 g/mol. The molecule has 2 aromatic rings. The molecule has 1 amide bonds. The second kappa shape index (κ2) is 10.1. The Labute approximate surface area is 195 Å². The monoisotopic (exact) mass is 452 g/mol. The first kappa shape index (κ1) is 24.3. The summed E-state index contributed by atoms with van der Waals surface area (Å²) in [4.78, 5) is 29.9. The normalized spacial score (nSPS) is 17.7. The number of likely N-dealkylation sites (tertiary alicyclic amines) is 1. The number of carbonyl (C=O) groups excluding carboxylic acids is 2. The summed E-state index contributed by atoms with van der Waals surface area (Å²) in [5.74, 6) is -0.163. The van der Waals surface area contributed by atoms with Gasteiger partial charge in [0.2, 0.25) is 0 Å². The van der Waals surface area contributed by atoms with Crippen LogP contribution in [-0.4, -0.2) is 68.0 Å². The van der Waals surface area contributed by atoms with Crippen LogP contribution in [0.3, 0.4) is 0 Å². The molecule has 1 aliphatic rings. The number of aliphatic hydroxyl groups is 1. The lowest BCUT2D eigenvalue weighted by Gasteiger charge is -2.26. The molecule has 1 heterocycles. The molecular weight excluding hydrogens is 420 g/mol. The summed E-state index contributed by atoms with van der Waals surface area (Å²) < 4.78 is 10.7. The van der Waals surface area contributed by atoms with E-state index in [2.05, 4.69) is 0 Å². The van der Waals surface area contributed by atoms with Crippen LogP contribution in [0.2, 0.25) is 0 Å². The van der Waals surface area contributed by atoms with Gasteiger partial charge in [0.25, 0.3) is 11.7 Å². The van der Waals surface area contributed by atoms with E-state index in [1.54, 1.807) is 37.3 Å². The van der Waals surface area contributed by atoms with Crippen LogP contribution in [0.25, 0.3) is 5.76 Å². The molecule has 7 heteroatoms. The quantitative estimate of drug-likeness (QED) is 0.374. The van der Waals surface area contributed by atoms with Crippen LogP contribution in [0.1, 0.15) is 34.7 Å². The molecule has 3 rings (SSSR count). The van der Waals surface area contributed by atoms with Crippen molar-refractivity contribution in [3.05, 3.63) is 64.2 Å². The third-order valence-corrected chi connectivity index (χ3v) is 5.95. The van der Waals surface area contributed by atoms with E-state index in [9.17, 15) is 14.7 Å². The lowest BCUT2D eigenvalue weighted by atomic mass is 9.93. The van der Waals surface area contributed by atoms with Gasteiger partial charge in [-0.1, -0.05) is 12.1 Å². The number of benzene rings is 2. The molecule has 0 bridgehead atoms. The SMILES string of the molecule is COc1cccc(C2/C(=C(\O)c3cc(C)c(OC)cc3C)C(=O)C(=O)N2CCCN(C)C)c1. The number of aliphatic hydroxyl groups excluding tert-OH is 1. The van der Waals surface area contributed by atoms with Crippen molar-refractivity contribution in [2.45, 2.75) is 26.3 Å². The van der Waals surface area contributed by atoms with Crippen LogP contribution in [0.5, 0.6) is 11.5 Å². The Morgan fingerprint density at radius 2 is 1.79 bits per heavy atom. The number of amides is 1. The molecule has 0 aromatic heterocycles. The van der Waals surface area contributed by atoms with Gasteiger partial charge in [0, 0.05) is 12.1 Å². The Kier molecular flexibility index (Phi) is 7.43. The van der Waals surface area contributed by atoms with Crippen molar-refractivity contribution in [2.75, 3.05) is 41.4 Å². The van der Waals surface area contributed by atoms with Gasteiger partial charge in [-0.05, 0) is 81.9 Å². The standard InChI is InChI=1S/C26H32N2O5/c1-16-14-21(33-6)17(2)13-20(16)24(29)22-23(18-9-7-10-19(15-18)32-5)28(26(31)25(22)30)12-8-11-27(3)4/h7,9-10,13-15,23,29H,8,11-12H2,1-6H3/b24-22+. The predicted molar refractivity (Wildman–Crippen MR) is 128 cm³/mol. The van der Waals surface area contributed by atoms with Gasteiger partial charge in [0.15, 0.2) is 0 Å². The van der Waals surface area contributed by atoms with Gasteiger partial charge >= 0.3 is 0 Å². The first-order valence-corrected chi connectivity index (χ1v) is 10.9. The fraction of sp³-hybridized carbons (Fsp3) is 0.385. The van der Waals surface area contributed by atoms with Crippen molar-refractivity contribution in [2.24, 2.45) is 0 Å². The number of carbonyl (C=O) groups is 2. The van der Waals surface area contributed by atoms with Gasteiger partial charge in [-0.3, -0.25) is 9.59 Å². The molecule has 1 saturated heterocycles. The van der Waals surface area contributed by atoms with E-state index in [1.807, 2.05) is 51.0 Å². The number of aryl methyl sites for hydroxylation is 2. The van der Waals surface area contributed by atoms with E-state index in [0.29, 0.717) is 35.6 Å². The summed E-state index contributed by atoms with van der Waals surface area (Å²) in [6.45, 7) is 4.87. The van der Waals surface area contributed by atoms with E-state index < -0.39 is 17.7 Å². The third-order valence-electron chi connectivity index (χ3n) is 5.95. The van der Waals surface area contributed by atoms with Crippen molar-refractivity contribution in [1.29, 1.82) is 0 Å². The molecule has 7 nitrogen and oxygen atoms in total. The maximum absolute atomic E-state index is 13.2. The highest BCUT2D eigenvalue weighted by Crippen LogP contribution is 2.41. The van der Waals surface area contributed by atoms with Crippen LogP contribution in [0.4, 0.5) is 0 Å². The predicted octanol–water partition coefficient (Wildman–Crippen LogP) is 3.69. The number of ether oxygens (including phenoxy) is 2. The van der Waals surface area contributed by atoms with E-state index in [4.69, 9.17) is 9.47 Å². The maximum Gasteiger partial charge on any atom is 0.295 e. The van der Waals surface area contributed by atoms with Crippen molar-refractivity contribution in [3.63, 3.8) is 0 Å². The number of nitrogens with zero attached hydrogens (tertiary/aromatic N) is 2. The molecule has 0 spiro atoms. The summed E-state index contributed by atoms with van der Waals surface area (Å²) in [6, 6.07) is 10.2. The first-order valence-electron chi connectivity index (χ1n) is 10.9. The maximum atomic E-state index is 13.2. The summed E-state index contributed by atoms with van der Waals surface area (Å²) in [7, 11) is 7.07. The van der Waals surface area contributed by atoms with Crippen molar-refractivity contribution >= 4 is 17.4 Å².